The predicted octanol–water partition coefficient (Wildman–Crippen LogP) is 2.22. The van der Waals surface area contributed by atoms with E-state index in [-0.39, 0.29) is 0 Å². The zero-order valence-corrected chi connectivity index (χ0v) is 12.2. The molecule has 0 aromatic carbocycles. The van der Waals surface area contributed by atoms with E-state index in [1.54, 1.807) is 0 Å². The van der Waals surface area contributed by atoms with E-state index in [2.05, 4.69) is 23.6 Å². The first-order chi connectivity index (χ1) is 8.79. The standard InChI is InChI=1S/C15H30N2O/c1-3-16-8-10-17(11-9-16)12-13-18-15-7-5-4-6-14(15)2/h14-15H,3-13H2,1-2H3/t14-,15-/m0/s1. The quantitative estimate of drug-likeness (QED) is 0.748. The van der Waals surface area contributed by atoms with Crippen LogP contribution in [0.25, 0.3) is 0 Å². The van der Waals surface area contributed by atoms with Crippen molar-refractivity contribution in [1.29, 1.82) is 0 Å². The Labute approximate surface area is 112 Å². The summed E-state index contributed by atoms with van der Waals surface area (Å²) < 4.78 is 6.10. The number of likely N-dealkylation sites (N-methyl/N-ethyl adjacent to an activating group) is 1. The van der Waals surface area contributed by atoms with Gasteiger partial charge in [-0.25, -0.2) is 0 Å². The van der Waals surface area contributed by atoms with Crippen molar-refractivity contribution in [3.05, 3.63) is 0 Å². The lowest BCUT2D eigenvalue weighted by molar-refractivity contribution is -0.0177. The normalized spacial score (nSPS) is 31.7. The van der Waals surface area contributed by atoms with Gasteiger partial charge in [-0.1, -0.05) is 26.7 Å². The fraction of sp³-hybridized carbons (Fsp3) is 1.00. The molecule has 0 radical (unpaired) electrons. The lowest BCUT2D eigenvalue weighted by Crippen LogP contribution is -2.47. The molecule has 1 aliphatic carbocycles. The Balaban J connectivity index is 1.58. The van der Waals surface area contributed by atoms with Crippen LogP contribution < -0.4 is 0 Å². The third-order valence-corrected chi connectivity index (χ3v) is 4.68. The first-order valence-corrected chi connectivity index (χ1v) is 7.86. The second-order valence-corrected chi connectivity index (χ2v) is 5.95. The zero-order valence-electron chi connectivity index (χ0n) is 12.2. The molecule has 1 saturated carbocycles. The molecule has 0 N–H and O–H groups in total. The molecule has 0 unspecified atom stereocenters. The maximum Gasteiger partial charge on any atom is 0.0601 e. The van der Waals surface area contributed by atoms with Crippen molar-refractivity contribution in [2.45, 2.75) is 45.6 Å². The van der Waals surface area contributed by atoms with Gasteiger partial charge in [-0.15, -0.1) is 0 Å². The molecule has 0 bridgehead atoms. The minimum Gasteiger partial charge on any atom is -0.377 e. The molecular weight excluding hydrogens is 224 g/mol. The summed E-state index contributed by atoms with van der Waals surface area (Å²) in [4.78, 5) is 5.08. The Morgan fingerprint density at radius 2 is 1.67 bits per heavy atom. The molecule has 106 valence electrons. The van der Waals surface area contributed by atoms with E-state index in [0.717, 1.165) is 19.1 Å². The molecule has 2 aliphatic rings. The van der Waals surface area contributed by atoms with Crippen LogP contribution in [0.3, 0.4) is 0 Å². The molecule has 0 aromatic heterocycles. The summed E-state index contributed by atoms with van der Waals surface area (Å²) >= 11 is 0. The minimum absolute atomic E-state index is 0.538. The van der Waals surface area contributed by atoms with Gasteiger partial charge in [0.25, 0.3) is 0 Å². The molecular formula is C15H30N2O. The van der Waals surface area contributed by atoms with Crippen molar-refractivity contribution < 1.29 is 4.74 Å². The van der Waals surface area contributed by atoms with E-state index in [4.69, 9.17) is 4.74 Å². The van der Waals surface area contributed by atoms with E-state index >= 15 is 0 Å². The maximum absolute atomic E-state index is 6.10. The number of hydrogen-bond donors (Lipinski definition) is 0. The lowest BCUT2D eigenvalue weighted by Gasteiger charge is -2.35. The van der Waals surface area contributed by atoms with Crippen molar-refractivity contribution >= 4 is 0 Å². The molecule has 3 heteroatoms. The van der Waals surface area contributed by atoms with Crippen LogP contribution >= 0.6 is 0 Å². The van der Waals surface area contributed by atoms with Crippen LogP contribution in [-0.4, -0.2) is 61.8 Å². The third-order valence-electron chi connectivity index (χ3n) is 4.68. The summed E-state index contributed by atoms with van der Waals surface area (Å²) in [5.74, 6) is 0.774. The monoisotopic (exact) mass is 254 g/mol. The number of nitrogens with zero attached hydrogens (tertiary/aromatic N) is 2. The van der Waals surface area contributed by atoms with E-state index in [1.807, 2.05) is 0 Å². The van der Waals surface area contributed by atoms with Crippen molar-refractivity contribution in [2.24, 2.45) is 5.92 Å². The third kappa shape index (κ3) is 4.22. The highest BCUT2D eigenvalue weighted by Crippen LogP contribution is 2.26. The van der Waals surface area contributed by atoms with Crippen molar-refractivity contribution in [3.63, 3.8) is 0 Å². The molecule has 2 rings (SSSR count). The van der Waals surface area contributed by atoms with E-state index in [1.165, 1.54) is 58.4 Å². The van der Waals surface area contributed by atoms with Gasteiger partial charge in [0, 0.05) is 32.7 Å². The van der Waals surface area contributed by atoms with Crippen molar-refractivity contribution in [3.8, 4) is 0 Å². The smallest absolute Gasteiger partial charge is 0.0601 e. The van der Waals surface area contributed by atoms with Crippen LogP contribution in [0.4, 0.5) is 0 Å². The molecule has 1 heterocycles. The molecule has 0 amide bonds. The Kier molecular flexibility index (Phi) is 5.93. The summed E-state index contributed by atoms with van der Waals surface area (Å²) in [5, 5.41) is 0. The Morgan fingerprint density at radius 1 is 1.00 bits per heavy atom. The van der Waals surface area contributed by atoms with Gasteiger partial charge in [0.2, 0.25) is 0 Å². The first-order valence-electron chi connectivity index (χ1n) is 7.86. The zero-order chi connectivity index (χ0) is 12.8. The fourth-order valence-electron chi connectivity index (χ4n) is 3.19. The fourth-order valence-corrected chi connectivity index (χ4v) is 3.19. The Hall–Kier alpha value is -0.120. The van der Waals surface area contributed by atoms with Gasteiger partial charge in [0.1, 0.15) is 0 Å². The second kappa shape index (κ2) is 7.46. The molecule has 0 spiro atoms. The summed E-state index contributed by atoms with van der Waals surface area (Å²) in [6, 6.07) is 0. The van der Waals surface area contributed by atoms with Crippen molar-refractivity contribution in [2.75, 3.05) is 45.9 Å². The van der Waals surface area contributed by atoms with E-state index < -0.39 is 0 Å². The summed E-state index contributed by atoms with van der Waals surface area (Å²) in [6.07, 6.45) is 5.95. The largest absolute Gasteiger partial charge is 0.377 e. The van der Waals surface area contributed by atoms with Crippen LogP contribution in [0.2, 0.25) is 0 Å². The molecule has 0 aromatic rings. The van der Waals surface area contributed by atoms with Gasteiger partial charge in [0.05, 0.1) is 12.7 Å². The average molecular weight is 254 g/mol. The predicted molar refractivity (Wildman–Crippen MR) is 75.9 cm³/mol. The number of ether oxygens (including phenoxy) is 1. The van der Waals surface area contributed by atoms with Crippen molar-refractivity contribution in [1.82, 2.24) is 9.80 Å². The molecule has 2 fully saturated rings. The summed E-state index contributed by atoms with van der Waals surface area (Å²) in [5.41, 5.74) is 0. The highest BCUT2D eigenvalue weighted by atomic mass is 16.5. The maximum atomic E-state index is 6.10. The van der Waals surface area contributed by atoms with Gasteiger partial charge in [-0.2, -0.15) is 0 Å². The second-order valence-electron chi connectivity index (χ2n) is 5.95. The Morgan fingerprint density at radius 3 is 2.33 bits per heavy atom. The number of rotatable bonds is 5. The molecule has 2 atom stereocenters. The highest BCUT2D eigenvalue weighted by Gasteiger charge is 2.22. The molecule has 18 heavy (non-hydrogen) atoms. The van der Waals surface area contributed by atoms with Gasteiger partial charge >= 0.3 is 0 Å². The van der Waals surface area contributed by atoms with Crippen LogP contribution in [0.5, 0.6) is 0 Å². The minimum atomic E-state index is 0.538. The summed E-state index contributed by atoms with van der Waals surface area (Å²) in [7, 11) is 0. The molecule has 1 saturated heterocycles. The van der Waals surface area contributed by atoms with E-state index in [9.17, 15) is 0 Å². The number of piperazine rings is 1. The van der Waals surface area contributed by atoms with Crippen LogP contribution in [0, 0.1) is 5.92 Å². The highest BCUT2D eigenvalue weighted by molar-refractivity contribution is 4.74. The first kappa shape index (κ1) is 14.3. The van der Waals surface area contributed by atoms with E-state index in [0.29, 0.717) is 6.10 Å². The lowest BCUT2D eigenvalue weighted by atomic mass is 9.88. The van der Waals surface area contributed by atoms with Gasteiger partial charge < -0.3 is 9.64 Å². The van der Waals surface area contributed by atoms with Crippen LogP contribution in [-0.2, 0) is 4.74 Å². The average Bonchev–Trinajstić information content (AvgIpc) is 2.42. The topological polar surface area (TPSA) is 15.7 Å². The SMILES string of the molecule is CCN1CCN(CCO[C@H]2CCCC[C@@H]2C)CC1. The van der Waals surface area contributed by atoms with Gasteiger partial charge in [-0.05, 0) is 25.3 Å². The van der Waals surface area contributed by atoms with Gasteiger partial charge in [-0.3, -0.25) is 4.90 Å². The molecule has 1 aliphatic heterocycles. The Bertz CT molecular complexity index is 227. The van der Waals surface area contributed by atoms with Crippen LogP contribution in [0.1, 0.15) is 39.5 Å². The summed E-state index contributed by atoms with van der Waals surface area (Å²) in [6.45, 7) is 12.8. The van der Waals surface area contributed by atoms with Gasteiger partial charge in [0.15, 0.2) is 0 Å². The van der Waals surface area contributed by atoms with Crippen LogP contribution in [0.15, 0.2) is 0 Å². The molecule has 3 nitrogen and oxygen atoms in total. The number of hydrogen-bond acceptors (Lipinski definition) is 3.